The number of carbonyl (C=O) groups is 2. The molecule has 2 aliphatic rings. The van der Waals surface area contributed by atoms with Crippen molar-refractivity contribution in [3.8, 4) is 0 Å². The number of rotatable bonds is 4. The van der Waals surface area contributed by atoms with Crippen LogP contribution in [-0.4, -0.2) is 54.4 Å². The summed E-state index contributed by atoms with van der Waals surface area (Å²) in [6, 6.07) is 22.0. The number of anilines is 3. The minimum atomic E-state index is -0.0436. The summed E-state index contributed by atoms with van der Waals surface area (Å²) in [5, 5.41) is 3.07. The van der Waals surface area contributed by atoms with Crippen molar-refractivity contribution in [1.29, 1.82) is 0 Å². The molecule has 2 aliphatic heterocycles. The van der Waals surface area contributed by atoms with Crippen molar-refractivity contribution in [3.05, 3.63) is 84.1 Å². The third-order valence-electron chi connectivity index (χ3n) is 6.20. The average molecular weight is 442 g/mol. The molecule has 3 heterocycles. The molecule has 1 saturated heterocycles. The number of para-hydroxylation sites is 1. The molecule has 0 saturated carbocycles. The second-order valence-electron chi connectivity index (χ2n) is 8.38. The molecule has 168 valence electrons. The molecule has 0 radical (unpaired) electrons. The second-order valence-corrected chi connectivity index (χ2v) is 8.38. The molecule has 0 unspecified atom stereocenters. The zero-order valence-corrected chi connectivity index (χ0v) is 18.5. The Morgan fingerprint density at radius 2 is 1.70 bits per heavy atom. The number of pyridine rings is 1. The van der Waals surface area contributed by atoms with Gasteiger partial charge in [0.05, 0.1) is 24.3 Å². The minimum absolute atomic E-state index is 0.0361. The zero-order valence-electron chi connectivity index (χ0n) is 18.5. The normalized spacial score (nSPS) is 16.1. The number of hydrogen-bond acceptors (Lipinski definition) is 5. The van der Waals surface area contributed by atoms with E-state index >= 15 is 0 Å². The van der Waals surface area contributed by atoms with E-state index in [1.165, 1.54) is 5.69 Å². The van der Waals surface area contributed by atoms with Crippen LogP contribution in [-0.2, 0) is 11.3 Å². The maximum absolute atomic E-state index is 13.4. The van der Waals surface area contributed by atoms with Gasteiger partial charge >= 0.3 is 0 Å². The molecule has 33 heavy (non-hydrogen) atoms. The first-order valence-corrected chi connectivity index (χ1v) is 11.4. The third kappa shape index (κ3) is 4.53. The molecule has 1 aromatic heterocycles. The summed E-state index contributed by atoms with van der Waals surface area (Å²) in [5.74, 6) is 0.553. The first-order valence-electron chi connectivity index (χ1n) is 11.4. The van der Waals surface area contributed by atoms with E-state index in [0.717, 1.165) is 25.1 Å². The molecule has 2 amide bonds. The van der Waals surface area contributed by atoms with Gasteiger partial charge in [-0.1, -0.05) is 48.5 Å². The van der Waals surface area contributed by atoms with Gasteiger partial charge in [-0.25, -0.2) is 4.98 Å². The van der Waals surface area contributed by atoms with Crippen LogP contribution in [0, 0.1) is 0 Å². The van der Waals surface area contributed by atoms with Gasteiger partial charge in [0, 0.05) is 38.1 Å². The maximum atomic E-state index is 13.4. The van der Waals surface area contributed by atoms with Crippen molar-refractivity contribution in [2.75, 3.05) is 47.8 Å². The van der Waals surface area contributed by atoms with Crippen molar-refractivity contribution in [2.24, 2.45) is 0 Å². The van der Waals surface area contributed by atoms with Crippen LogP contribution >= 0.6 is 0 Å². The highest BCUT2D eigenvalue weighted by Gasteiger charge is 2.28. The standard InChI is InChI=1S/C26H27N5O2/c32-24-18-28-25-23(31(24)19-20-8-3-1-4-9-20)16-21(17-27-25)26(33)30-13-7-12-29(14-15-30)22-10-5-2-6-11-22/h1-6,8-11,16-17H,7,12-15,18-19H2,(H,27,28). The summed E-state index contributed by atoms with van der Waals surface area (Å²) >= 11 is 0. The van der Waals surface area contributed by atoms with E-state index in [9.17, 15) is 9.59 Å². The lowest BCUT2D eigenvalue weighted by molar-refractivity contribution is -0.117. The smallest absolute Gasteiger partial charge is 0.255 e. The van der Waals surface area contributed by atoms with Gasteiger partial charge < -0.3 is 20.0 Å². The van der Waals surface area contributed by atoms with Crippen LogP contribution in [0.1, 0.15) is 22.3 Å². The van der Waals surface area contributed by atoms with Gasteiger partial charge in [-0.05, 0) is 30.2 Å². The Labute approximate surface area is 193 Å². The third-order valence-corrected chi connectivity index (χ3v) is 6.20. The summed E-state index contributed by atoms with van der Waals surface area (Å²) in [5.41, 5.74) is 3.38. The summed E-state index contributed by atoms with van der Waals surface area (Å²) in [4.78, 5) is 36.5. The van der Waals surface area contributed by atoms with Crippen LogP contribution in [0.2, 0.25) is 0 Å². The van der Waals surface area contributed by atoms with Gasteiger partial charge in [0.1, 0.15) is 0 Å². The van der Waals surface area contributed by atoms with Gasteiger partial charge in [-0.2, -0.15) is 0 Å². The quantitative estimate of drug-likeness (QED) is 0.672. The second kappa shape index (κ2) is 9.32. The Kier molecular flexibility index (Phi) is 5.93. The van der Waals surface area contributed by atoms with Gasteiger partial charge in [-0.15, -0.1) is 0 Å². The minimum Gasteiger partial charge on any atom is -0.370 e. The topological polar surface area (TPSA) is 68.8 Å². The maximum Gasteiger partial charge on any atom is 0.255 e. The predicted octanol–water partition coefficient (Wildman–Crippen LogP) is 3.39. The van der Waals surface area contributed by atoms with Crippen LogP contribution in [0.5, 0.6) is 0 Å². The van der Waals surface area contributed by atoms with E-state index in [-0.39, 0.29) is 18.4 Å². The fourth-order valence-electron chi connectivity index (χ4n) is 4.44. The van der Waals surface area contributed by atoms with E-state index in [1.54, 1.807) is 17.2 Å². The van der Waals surface area contributed by atoms with Crippen molar-refractivity contribution in [2.45, 2.75) is 13.0 Å². The van der Waals surface area contributed by atoms with Crippen LogP contribution in [0.3, 0.4) is 0 Å². The van der Waals surface area contributed by atoms with Gasteiger partial charge in [0.2, 0.25) is 5.91 Å². The number of nitrogens with zero attached hydrogens (tertiary/aromatic N) is 4. The first-order chi connectivity index (χ1) is 16.2. The molecule has 7 heteroatoms. The Hall–Kier alpha value is -3.87. The lowest BCUT2D eigenvalue weighted by Crippen LogP contribution is -2.40. The van der Waals surface area contributed by atoms with Crippen molar-refractivity contribution >= 4 is 29.0 Å². The first kappa shape index (κ1) is 21.0. The van der Waals surface area contributed by atoms with Gasteiger partial charge in [0.25, 0.3) is 5.91 Å². The largest absolute Gasteiger partial charge is 0.370 e. The molecule has 0 atom stereocenters. The van der Waals surface area contributed by atoms with Crippen molar-refractivity contribution in [3.63, 3.8) is 0 Å². The molecule has 0 bridgehead atoms. The Morgan fingerprint density at radius 3 is 2.48 bits per heavy atom. The zero-order chi connectivity index (χ0) is 22.6. The lowest BCUT2D eigenvalue weighted by Gasteiger charge is -2.30. The van der Waals surface area contributed by atoms with Crippen LogP contribution in [0.15, 0.2) is 72.9 Å². The molecule has 5 rings (SSSR count). The average Bonchev–Trinajstić information content (AvgIpc) is 3.13. The highest BCUT2D eigenvalue weighted by molar-refractivity contribution is 6.04. The fraction of sp³-hybridized carbons (Fsp3) is 0.269. The molecular weight excluding hydrogens is 414 g/mol. The number of nitrogens with one attached hydrogen (secondary N) is 1. The van der Waals surface area contributed by atoms with Gasteiger partial charge in [0.15, 0.2) is 5.82 Å². The van der Waals surface area contributed by atoms with E-state index in [1.807, 2.05) is 53.4 Å². The highest BCUT2D eigenvalue weighted by Crippen LogP contribution is 2.30. The number of carbonyl (C=O) groups excluding carboxylic acids is 2. The molecule has 7 nitrogen and oxygen atoms in total. The Morgan fingerprint density at radius 1 is 0.939 bits per heavy atom. The van der Waals surface area contributed by atoms with Crippen LogP contribution < -0.4 is 15.1 Å². The van der Waals surface area contributed by atoms with E-state index < -0.39 is 0 Å². The van der Waals surface area contributed by atoms with Crippen molar-refractivity contribution in [1.82, 2.24) is 9.88 Å². The molecule has 1 N–H and O–H groups in total. The number of aromatic nitrogens is 1. The SMILES string of the molecule is O=C(c1cnc2c(c1)N(Cc1ccccc1)C(=O)CN2)N1CCCN(c2ccccc2)CC1. The number of hydrogen-bond donors (Lipinski definition) is 1. The molecule has 1 fully saturated rings. The summed E-state index contributed by atoms with van der Waals surface area (Å²) in [6.07, 6.45) is 2.52. The van der Waals surface area contributed by atoms with E-state index in [4.69, 9.17) is 0 Å². The molecule has 2 aromatic carbocycles. The summed E-state index contributed by atoms with van der Waals surface area (Å²) < 4.78 is 0. The van der Waals surface area contributed by atoms with Crippen LogP contribution in [0.4, 0.5) is 17.2 Å². The molecule has 3 aromatic rings. The number of benzene rings is 2. The fourth-order valence-corrected chi connectivity index (χ4v) is 4.44. The number of amides is 2. The van der Waals surface area contributed by atoms with Crippen LogP contribution in [0.25, 0.3) is 0 Å². The predicted molar refractivity (Wildman–Crippen MR) is 130 cm³/mol. The van der Waals surface area contributed by atoms with Crippen molar-refractivity contribution < 1.29 is 9.59 Å². The molecule has 0 spiro atoms. The lowest BCUT2D eigenvalue weighted by atomic mass is 10.1. The Balaban J connectivity index is 1.34. The number of fused-ring (bicyclic) bond motifs is 1. The summed E-state index contributed by atoms with van der Waals surface area (Å²) in [7, 11) is 0. The van der Waals surface area contributed by atoms with E-state index in [0.29, 0.717) is 36.7 Å². The molecule has 0 aliphatic carbocycles. The Bertz CT molecular complexity index is 1140. The molecular formula is C26H27N5O2. The van der Waals surface area contributed by atoms with Gasteiger partial charge in [-0.3, -0.25) is 9.59 Å². The highest BCUT2D eigenvalue weighted by atomic mass is 16.2. The summed E-state index contributed by atoms with van der Waals surface area (Å²) in [6.45, 7) is 3.69. The van der Waals surface area contributed by atoms with E-state index in [2.05, 4.69) is 27.3 Å². The monoisotopic (exact) mass is 441 g/mol.